The molecule has 1 fully saturated rings. The van der Waals surface area contributed by atoms with Gasteiger partial charge in [0.25, 0.3) is 0 Å². The summed E-state index contributed by atoms with van der Waals surface area (Å²) in [5.41, 5.74) is 7.17. The highest BCUT2D eigenvalue weighted by Crippen LogP contribution is 2.22. The Morgan fingerprint density at radius 2 is 2.36 bits per heavy atom. The Bertz CT molecular complexity index is 319. The van der Waals surface area contributed by atoms with E-state index < -0.39 is 0 Å². The minimum Gasteiger partial charge on any atom is -0.399 e. The Labute approximate surface area is 88.2 Å². The number of nitrogen functional groups attached to an aromatic ring is 1. The number of hydrogen-bond donors (Lipinski definition) is 2. The standard InChI is InChI=1S/C10H13ClN2O/c11-10-9(4-5-14-10)13-8-3-1-2-7(12)6-8/h1-3,6,9-10,13H,4-5,12H2. The highest BCUT2D eigenvalue weighted by atomic mass is 35.5. The van der Waals surface area contributed by atoms with E-state index in [2.05, 4.69) is 5.32 Å². The van der Waals surface area contributed by atoms with Crippen LogP contribution in [0.2, 0.25) is 0 Å². The molecule has 2 rings (SSSR count). The molecular formula is C10H13ClN2O. The topological polar surface area (TPSA) is 47.3 Å². The van der Waals surface area contributed by atoms with Crippen molar-refractivity contribution in [1.82, 2.24) is 0 Å². The minimum atomic E-state index is -0.239. The highest BCUT2D eigenvalue weighted by Gasteiger charge is 2.25. The van der Waals surface area contributed by atoms with Crippen molar-refractivity contribution in [3.63, 3.8) is 0 Å². The second-order valence-electron chi connectivity index (χ2n) is 3.39. The summed E-state index contributed by atoms with van der Waals surface area (Å²) < 4.78 is 5.24. The number of nitrogens with one attached hydrogen (secondary N) is 1. The van der Waals surface area contributed by atoms with Crippen LogP contribution in [-0.4, -0.2) is 18.2 Å². The summed E-state index contributed by atoms with van der Waals surface area (Å²) in [6.07, 6.45) is 0.933. The van der Waals surface area contributed by atoms with E-state index >= 15 is 0 Å². The minimum absolute atomic E-state index is 0.179. The first-order valence-corrected chi connectivity index (χ1v) is 5.07. The molecule has 4 heteroatoms. The van der Waals surface area contributed by atoms with Gasteiger partial charge in [0, 0.05) is 11.4 Å². The number of rotatable bonds is 2. The van der Waals surface area contributed by atoms with Crippen molar-refractivity contribution >= 4 is 23.0 Å². The number of nitrogens with two attached hydrogens (primary N) is 1. The predicted molar refractivity (Wildman–Crippen MR) is 58.5 cm³/mol. The first-order valence-electron chi connectivity index (χ1n) is 4.63. The van der Waals surface area contributed by atoms with Gasteiger partial charge in [0.1, 0.15) is 0 Å². The van der Waals surface area contributed by atoms with E-state index in [0.29, 0.717) is 6.61 Å². The van der Waals surface area contributed by atoms with Gasteiger partial charge in [0.2, 0.25) is 0 Å². The summed E-state index contributed by atoms with van der Waals surface area (Å²) in [7, 11) is 0. The SMILES string of the molecule is Nc1cccc(NC2CCOC2Cl)c1. The highest BCUT2D eigenvalue weighted by molar-refractivity contribution is 6.20. The fourth-order valence-corrected chi connectivity index (χ4v) is 1.81. The summed E-state index contributed by atoms with van der Waals surface area (Å²) in [6, 6.07) is 7.81. The zero-order valence-corrected chi connectivity index (χ0v) is 8.50. The molecular weight excluding hydrogens is 200 g/mol. The number of anilines is 2. The number of alkyl halides is 1. The van der Waals surface area contributed by atoms with E-state index in [1.54, 1.807) is 0 Å². The van der Waals surface area contributed by atoms with Crippen molar-refractivity contribution in [2.45, 2.75) is 18.0 Å². The van der Waals surface area contributed by atoms with Crippen LogP contribution in [0.15, 0.2) is 24.3 Å². The quantitative estimate of drug-likeness (QED) is 0.583. The lowest BCUT2D eigenvalue weighted by Gasteiger charge is -2.15. The molecule has 76 valence electrons. The van der Waals surface area contributed by atoms with Crippen LogP contribution >= 0.6 is 11.6 Å². The summed E-state index contributed by atoms with van der Waals surface area (Å²) in [4.78, 5) is 0. The molecule has 14 heavy (non-hydrogen) atoms. The number of halogens is 1. The third kappa shape index (κ3) is 2.11. The van der Waals surface area contributed by atoms with Crippen LogP contribution in [0.4, 0.5) is 11.4 Å². The smallest absolute Gasteiger partial charge is 0.151 e. The number of hydrogen-bond acceptors (Lipinski definition) is 3. The zero-order chi connectivity index (χ0) is 9.97. The maximum atomic E-state index is 5.95. The molecule has 0 amide bonds. The molecule has 1 aromatic rings. The molecule has 0 bridgehead atoms. The van der Waals surface area contributed by atoms with Crippen LogP contribution in [0.1, 0.15) is 6.42 Å². The maximum absolute atomic E-state index is 5.95. The summed E-state index contributed by atoms with van der Waals surface area (Å²) >= 11 is 5.95. The van der Waals surface area contributed by atoms with Gasteiger partial charge < -0.3 is 15.8 Å². The Balaban J connectivity index is 2.03. The Morgan fingerprint density at radius 1 is 1.50 bits per heavy atom. The average Bonchev–Trinajstić information content (AvgIpc) is 2.52. The maximum Gasteiger partial charge on any atom is 0.151 e. The van der Waals surface area contributed by atoms with E-state index in [9.17, 15) is 0 Å². The fraction of sp³-hybridized carbons (Fsp3) is 0.400. The van der Waals surface area contributed by atoms with Crippen molar-refractivity contribution in [1.29, 1.82) is 0 Å². The van der Waals surface area contributed by atoms with Gasteiger partial charge in [-0.05, 0) is 24.6 Å². The molecule has 0 radical (unpaired) electrons. The molecule has 0 spiro atoms. The van der Waals surface area contributed by atoms with Crippen LogP contribution in [-0.2, 0) is 4.74 Å². The van der Waals surface area contributed by atoms with Gasteiger partial charge in [-0.3, -0.25) is 0 Å². The molecule has 2 atom stereocenters. The lowest BCUT2D eigenvalue weighted by atomic mass is 10.2. The normalized spacial score (nSPS) is 26.4. The van der Waals surface area contributed by atoms with E-state index in [0.717, 1.165) is 17.8 Å². The number of benzene rings is 1. The van der Waals surface area contributed by atoms with Crippen molar-refractivity contribution in [3.05, 3.63) is 24.3 Å². The molecule has 2 unspecified atom stereocenters. The summed E-state index contributed by atoms with van der Waals surface area (Å²) in [5, 5.41) is 3.29. The first kappa shape index (κ1) is 9.62. The average molecular weight is 213 g/mol. The molecule has 3 nitrogen and oxygen atoms in total. The van der Waals surface area contributed by atoms with Gasteiger partial charge in [-0.15, -0.1) is 0 Å². The second-order valence-corrected chi connectivity index (χ2v) is 3.82. The monoisotopic (exact) mass is 212 g/mol. The summed E-state index contributed by atoms with van der Waals surface area (Å²) in [6.45, 7) is 0.716. The lowest BCUT2D eigenvalue weighted by molar-refractivity contribution is 0.165. The Morgan fingerprint density at radius 3 is 3.00 bits per heavy atom. The van der Waals surface area contributed by atoms with Crippen LogP contribution < -0.4 is 11.1 Å². The van der Waals surface area contributed by atoms with E-state index in [-0.39, 0.29) is 11.6 Å². The van der Waals surface area contributed by atoms with Crippen LogP contribution in [0.3, 0.4) is 0 Å². The second kappa shape index (κ2) is 4.07. The molecule has 1 aliphatic rings. The van der Waals surface area contributed by atoms with Crippen LogP contribution in [0.5, 0.6) is 0 Å². The third-order valence-electron chi connectivity index (χ3n) is 2.26. The molecule has 1 heterocycles. The van der Waals surface area contributed by atoms with Crippen molar-refractivity contribution in [3.8, 4) is 0 Å². The third-order valence-corrected chi connectivity index (χ3v) is 2.69. The van der Waals surface area contributed by atoms with E-state index in [4.69, 9.17) is 22.1 Å². The molecule has 0 saturated carbocycles. The van der Waals surface area contributed by atoms with E-state index in [1.165, 1.54) is 0 Å². The lowest BCUT2D eigenvalue weighted by Crippen LogP contribution is -2.24. The number of ether oxygens (including phenoxy) is 1. The predicted octanol–water partition coefficient (Wildman–Crippen LogP) is 2.03. The van der Waals surface area contributed by atoms with Crippen LogP contribution in [0.25, 0.3) is 0 Å². The van der Waals surface area contributed by atoms with Crippen LogP contribution in [0, 0.1) is 0 Å². The Kier molecular flexibility index (Phi) is 2.79. The molecule has 1 aromatic carbocycles. The van der Waals surface area contributed by atoms with Gasteiger partial charge in [0.15, 0.2) is 5.56 Å². The zero-order valence-electron chi connectivity index (χ0n) is 7.74. The molecule has 0 aliphatic carbocycles. The van der Waals surface area contributed by atoms with E-state index in [1.807, 2.05) is 24.3 Å². The first-order chi connectivity index (χ1) is 6.75. The molecule has 1 saturated heterocycles. The van der Waals surface area contributed by atoms with Crippen molar-refractivity contribution in [2.75, 3.05) is 17.7 Å². The van der Waals surface area contributed by atoms with Gasteiger partial charge in [-0.1, -0.05) is 17.7 Å². The van der Waals surface area contributed by atoms with Crippen molar-refractivity contribution < 1.29 is 4.74 Å². The van der Waals surface area contributed by atoms with Gasteiger partial charge in [0.05, 0.1) is 12.6 Å². The largest absolute Gasteiger partial charge is 0.399 e. The van der Waals surface area contributed by atoms with Gasteiger partial charge in [-0.25, -0.2) is 0 Å². The fourth-order valence-electron chi connectivity index (χ4n) is 1.53. The molecule has 0 aromatic heterocycles. The van der Waals surface area contributed by atoms with Gasteiger partial charge >= 0.3 is 0 Å². The summed E-state index contributed by atoms with van der Waals surface area (Å²) in [5.74, 6) is 0. The van der Waals surface area contributed by atoms with Gasteiger partial charge in [-0.2, -0.15) is 0 Å². The Hall–Kier alpha value is -0.930. The van der Waals surface area contributed by atoms with Crippen molar-refractivity contribution in [2.24, 2.45) is 0 Å². The molecule has 3 N–H and O–H groups in total. The molecule has 1 aliphatic heterocycles.